The second-order valence-corrected chi connectivity index (χ2v) is 12.8. The number of ether oxygens (including phenoxy) is 4. The van der Waals surface area contributed by atoms with E-state index < -0.39 is 22.7 Å². The molecule has 0 N–H and O–H groups in total. The number of methoxy groups -OCH3 is 1. The third-order valence-corrected chi connectivity index (χ3v) is 9.28. The largest absolute Gasteiger partial charge is 0.459 e. The highest BCUT2D eigenvalue weighted by molar-refractivity contribution is 5.82. The van der Waals surface area contributed by atoms with Crippen molar-refractivity contribution >= 4 is 11.9 Å². The Morgan fingerprint density at radius 1 is 0.972 bits per heavy atom. The van der Waals surface area contributed by atoms with E-state index in [-0.39, 0.29) is 11.9 Å². The Labute approximate surface area is 219 Å². The number of fused-ring (bicyclic) bond motifs is 2. The minimum absolute atomic E-state index is 0.124. The number of carbonyl (C=O) groups is 2. The summed E-state index contributed by atoms with van der Waals surface area (Å²) in [4.78, 5) is 27.2. The Balaban J connectivity index is 1.61. The molecule has 6 heteroatoms. The summed E-state index contributed by atoms with van der Waals surface area (Å²) in [6.07, 6.45) is 11.6. The maximum atomic E-state index is 13.7. The summed E-state index contributed by atoms with van der Waals surface area (Å²) in [5.74, 6) is 1.23. The summed E-state index contributed by atoms with van der Waals surface area (Å²) in [7, 11) is 1.77. The van der Waals surface area contributed by atoms with Crippen molar-refractivity contribution in [1.82, 2.24) is 0 Å². The molecule has 0 saturated heterocycles. The molecule has 0 aromatic rings. The van der Waals surface area contributed by atoms with Crippen LogP contribution >= 0.6 is 0 Å². The average Bonchev–Trinajstić information content (AvgIpc) is 2.83. The Morgan fingerprint density at radius 2 is 1.64 bits per heavy atom. The first kappa shape index (κ1) is 29.4. The monoisotopic (exact) mass is 508 g/mol. The van der Waals surface area contributed by atoms with Gasteiger partial charge in [-0.15, -0.1) is 0 Å². The van der Waals surface area contributed by atoms with Crippen LogP contribution in [0.25, 0.3) is 0 Å². The maximum Gasteiger partial charge on any atom is 0.314 e. The van der Waals surface area contributed by atoms with Crippen LogP contribution in [0.5, 0.6) is 0 Å². The van der Waals surface area contributed by atoms with Crippen LogP contribution in [0.4, 0.5) is 0 Å². The summed E-state index contributed by atoms with van der Waals surface area (Å²) in [5.41, 5.74) is -1.71. The van der Waals surface area contributed by atoms with E-state index in [2.05, 4.69) is 13.8 Å². The SMILES string of the molecule is CCCC(C)(C)OC(=O)C1(CC)CC2CCCC(C(=O)OC(C)OCC3CCC(COC)CC3)(C2)C1. The van der Waals surface area contributed by atoms with Crippen molar-refractivity contribution in [2.45, 2.75) is 130 Å². The predicted octanol–water partition coefficient (Wildman–Crippen LogP) is 6.83. The fourth-order valence-corrected chi connectivity index (χ4v) is 7.31. The standard InChI is InChI=1S/C30H52O6/c1-7-15-28(4,5)36-27(32)29(8-2)17-25-10-9-16-30(18-25,21-29)26(31)35-22(3)34-20-24-13-11-23(12-14-24)19-33-6/h22-25H,7-21H2,1-6H3. The first-order chi connectivity index (χ1) is 17.1. The Hall–Kier alpha value is -1.14. The Kier molecular flexibility index (Phi) is 10.3. The van der Waals surface area contributed by atoms with Crippen molar-refractivity contribution < 1.29 is 28.5 Å². The third-order valence-electron chi connectivity index (χ3n) is 9.28. The second kappa shape index (κ2) is 12.6. The van der Waals surface area contributed by atoms with Gasteiger partial charge >= 0.3 is 11.9 Å². The molecule has 0 spiro atoms. The van der Waals surface area contributed by atoms with Gasteiger partial charge in [-0.25, -0.2) is 0 Å². The van der Waals surface area contributed by atoms with Crippen molar-refractivity contribution in [1.29, 1.82) is 0 Å². The minimum Gasteiger partial charge on any atom is -0.459 e. The number of hydrogen-bond donors (Lipinski definition) is 0. The van der Waals surface area contributed by atoms with Crippen molar-refractivity contribution in [2.75, 3.05) is 20.3 Å². The van der Waals surface area contributed by atoms with E-state index in [1.54, 1.807) is 7.11 Å². The highest BCUT2D eigenvalue weighted by atomic mass is 16.7. The lowest BCUT2D eigenvalue weighted by Gasteiger charge is -2.51. The molecule has 4 unspecified atom stereocenters. The van der Waals surface area contributed by atoms with Gasteiger partial charge in [-0.1, -0.05) is 33.1 Å². The highest BCUT2D eigenvalue weighted by Gasteiger charge is 2.58. The van der Waals surface area contributed by atoms with E-state index in [1.165, 1.54) is 12.8 Å². The van der Waals surface area contributed by atoms with Gasteiger partial charge in [0.25, 0.3) is 0 Å². The van der Waals surface area contributed by atoms with Crippen LogP contribution in [-0.4, -0.2) is 44.2 Å². The van der Waals surface area contributed by atoms with Gasteiger partial charge in [-0.2, -0.15) is 0 Å². The fourth-order valence-electron chi connectivity index (χ4n) is 7.31. The van der Waals surface area contributed by atoms with Gasteiger partial charge in [-0.3, -0.25) is 9.59 Å². The topological polar surface area (TPSA) is 71.1 Å². The summed E-state index contributed by atoms with van der Waals surface area (Å²) in [5, 5.41) is 0. The lowest BCUT2D eigenvalue weighted by Crippen LogP contribution is -2.52. The van der Waals surface area contributed by atoms with E-state index in [1.807, 2.05) is 20.8 Å². The normalized spacial score (nSPS) is 33.6. The Bertz CT molecular complexity index is 727. The first-order valence-electron chi connectivity index (χ1n) is 14.6. The van der Waals surface area contributed by atoms with E-state index in [0.29, 0.717) is 37.2 Å². The van der Waals surface area contributed by atoms with E-state index in [0.717, 1.165) is 64.4 Å². The molecule has 0 aliphatic heterocycles. The fraction of sp³-hybridized carbons (Fsp3) is 0.933. The van der Waals surface area contributed by atoms with Gasteiger partial charge in [0.2, 0.25) is 0 Å². The molecule has 208 valence electrons. The van der Waals surface area contributed by atoms with Crippen LogP contribution in [0.3, 0.4) is 0 Å². The molecule has 0 amide bonds. The zero-order valence-electron chi connectivity index (χ0n) is 23.9. The summed E-state index contributed by atoms with van der Waals surface area (Å²) in [6.45, 7) is 11.5. The molecular weight excluding hydrogens is 456 g/mol. The molecule has 0 aromatic carbocycles. The van der Waals surface area contributed by atoms with Gasteiger partial charge in [0, 0.05) is 13.7 Å². The molecule has 6 nitrogen and oxygen atoms in total. The van der Waals surface area contributed by atoms with Crippen LogP contribution in [0.1, 0.15) is 118 Å². The smallest absolute Gasteiger partial charge is 0.314 e. The summed E-state index contributed by atoms with van der Waals surface area (Å²) < 4.78 is 23.4. The molecule has 3 saturated carbocycles. The minimum atomic E-state index is -0.613. The quantitative estimate of drug-likeness (QED) is 0.212. The van der Waals surface area contributed by atoms with Gasteiger partial charge in [-0.05, 0) is 103 Å². The lowest BCUT2D eigenvalue weighted by atomic mass is 9.53. The van der Waals surface area contributed by atoms with E-state index in [4.69, 9.17) is 18.9 Å². The number of hydrogen-bond acceptors (Lipinski definition) is 6. The third kappa shape index (κ3) is 7.24. The first-order valence-corrected chi connectivity index (χ1v) is 14.6. The molecular formula is C30H52O6. The second-order valence-electron chi connectivity index (χ2n) is 12.8. The van der Waals surface area contributed by atoms with E-state index >= 15 is 0 Å². The predicted molar refractivity (Wildman–Crippen MR) is 140 cm³/mol. The number of esters is 2. The highest BCUT2D eigenvalue weighted by Crippen LogP contribution is 2.58. The number of rotatable bonds is 12. The van der Waals surface area contributed by atoms with Crippen LogP contribution in [0.2, 0.25) is 0 Å². The molecule has 36 heavy (non-hydrogen) atoms. The van der Waals surface area contributed by atoms with Gasteiger partial charge in [0.15, 0.2) is 6.29 Å². The van der Waals surface area contributed by atoms with Crippen LogP contribution in [-0.2, 0) is 28.5 Å². The molecule has 4 atom stereocenters. The number of carbonyl (C=O) groups excluding carboxylic acids is 2. The molecule has 3 fully saturated rings. The zero-order valence-corrected chi connectivity index (χ0v) is 23.9. The van der Waals surface area contributed by atoms with Crippen molar-refractivity contribution in [3.8, 4) is 0 Å². The molecule has 0 aromatic heterocycles. The molecule has 2 bridgehead atoms. The van der Waals surface area contributed by atoms with Crippen LogP contribution in [0, 0.1) is 28.6 Å². The van der Waals surface area contributed by atoms with Gasteiger partial charge in [0.1, 0.15) is 5.60 Å². The molecule has 3 rings (SSSR count). The van der Waals surface area contributed by atoms with Crippen LogP contribution in [0.15, 0.2) is 0 Å². The zero-order chi connectivity index (χ0) is 26.4. The summed E-state index contributed by atoms with van der Waals surface area (Å²) in [6, 6.07) is 0. The molecule has 0 radical (unpaired) electrons. The van der Waals surface area contributed by atoms with Gasteiger partial charge in [0.05, 0.1) is 17.4 Å². The van der Waals surface area contributed by atoms with Gasteiger partial charge < -0.3 is 18.9 Å². The molecule has 0 heterocycles. The van der Waals surface area contributed by atoms with Crippen LogP contribution < -0.4 is 0 Å². The molecule has 3 aliphatic rings. The summed E-state index contributed by atoms with van der Waals surface area (Å²) >= 11 is 0. The van der Waals surface area contributed by atoms with Crippen molar-refractivity contribution in [3.63, 3.8) is 0 Å². The van der Waals surface area contributed by atoms with Crippen molar-refractivity contribution in [3.05, 3.63) is 0 Å². The van der Waals surface area contributed by atoms with E-state index in [9.17, 15) is 9.59 Å². The van der Waals surface area contributed by atoms with Crippen molar-refractivity contribution in [2.24, 2.45) is 28.6 Å². The maximum absolute atomic E-state index is 13.7. The Morgan fingerprint density at radius 3 is 2.25 bits per heavy atom. The lowest BCUT2D eigenvalue weighted by molar-refractivity contribution is -0.202. The molecule has 3 aliphatic carbocycles. The average molecular weight is 509 g/mol.